The number of aromatic nitrogens is 3. The molecule has 1 saturated carbocycles. The fourth-order valence-electron chi connectivity index (χ4n) is 2.84. The van der Waals surface area contributed by atoms with Crippen molar-refractivity contribution in [3.05, 3.63) is 46.5 Å². The lowest BCUT2D eigenvalue weighted by molar-refractivity contribution is 0.631. The van der Waals surface area contributed by atoms with E-state index in [2.05, 4.69) is 77.5 Å². The van der Waals surface area contributed by atoms with Crippen LogP contribution in [0, 0.1) is 0 Å². The largest absolute Gasteiger partial charge is 0.355 e. The summed E-state index contributed by atoms with van der Waals surface area (Å²) in [6.07, 6.45) is 3.82. The maximum absolute atomic E-state index is 4.32. The molecule has 0 spiro atoms. The van der Waals surface area contributed by atoms with Crippen LogP contribution in [-0.2, 0) is 13.0 Å². The van der Waals surface area contributed by atoms with Gasteiger partial charge >= 0.3 is 0 Å². The Kier molecular flexibility index (Phi) is 7.67. The van der Waals surface area contributed by atoms with E-state index in [0.29, 0.717) is 12.0 Å². The fourth-order valence-corrected chi connectivity index (χ4v) is 3.10. The molecule has 6 nitrogen and oxygen atoms in total. The molecule has 3 rings (SSSR count). The molecule has 1 aliphatic carbocycles. The predicted octanol–water partition coefficient (Wildman–Crippen LogP) is 2.94. The molecule has 0 amide bonds. The maximum Gasteiger partial charge on any atom is 0.191 e. The minimum Gasteiger partial charge on any atom is -0.355 e. The molecule has 2 atom stereocenters. The third-order valence-electron chi connectivity index (χ3n) is 4.29. The van der Waals surface area contributed by atoms with Gasteiger partial charge in [-0.15, -0.1) is 34.2 Å². The molecule has 2 N–H and O–H groups in total. The summed E-state index contributed by atoms with van der Waals surface area (Å²) < 4.78 is 3.19. The normalized spacial score (nSPS) is 19.2. The molecule has 2 aromatic rings. The molecule has 1 aliphatic rings. The zero-order chi connectivity index (χ0) is 16.9. The van der Waals surface area contributed by atoms with Gasteiger partial charge in [0.15, 0.2) is 5.96 Å². The Hall–Kier alpha value is -1.16. The molecule has 2 unspecified atom stereocenters. The standard InChI is InChI=1S/C17H23BrN6.HI/c1-3-16-23-21-11-24(16)9-8-20-17(19-2)22-15-10-14(15)12-4-6-13(18)7-5-12;/h4-7,11,14-15H,3,8-10H2,1-2H3,(H2,19,20,22);1H. The van der Waals surface area contributed by atoms with Crippen molar-refractivity contribution in [1.82, 2.24) is 25.4 Å². The monoisotopic (exact) mass is 518 g/mol. The van der Waals surface area contributed by atoms with E-state index in [4.69, 9.17) is 0 Å². The lowest BCUT2D eigenvalue weighted by Crippen LogP contribution is -2.40. The van der Waals surface area contributed by atoms with Gasteiger partial charge in [-0.25, -0.2) is 0 Å². The van der Waals surface area contributed by atoms with Crippen LogP contribution >= 0.6 is 39.9 Å². The summed E-state index contributed by atoms with van der Waals surface area (Å²) in [7, 11) is 1.81. The molecule has 0 radical (unpaired) electrons. The van der Waals surface area contributed by atoms with Crippen molar-refractivity contribution < 1.29 is 0 Å². The first-order chi connectivity index (χ1) is 11.7. The van der Waals surface area contributed by atoms with Crippen LogP contribution in [0.5, 0.6) is 0 Å². The molecule has 1 aromatic heterocycles. The third-order valence-corrected chi connectivity index (χ3v) is 4.82. The second-order valence-corrected chi connectivity index (χ2v) is 6.85. The van der Waals surface area contributed by atoms with Gasteiger partial charge in [0, 0.05) is 43.0 Å². The first kappa shape index (κ1) is 20.2. The van der Waals surface area contributed by atoms with Gasteiger partial charge < -0.3 is 15.2 Å². The number of halogens is 2. The van der Waals surface area contributed by atoms with Crippen LogP contribution in [0.4, 0.5) is 0 Å². The zero-order valence-electron chi connectivity index (χ0n) is 14.4. The Balaban J connectivity index is 0.00000225. The van der Waals surface area contributed by atoms with E-state index >= 15 is 0 Å². The van der Waals surface area contributed by atoms with Gasteiger partial charge in [-0.2, -0.15) is 0 Å². The highest BCUT2D eigenvalue weighted by molar-refractivity contribution is 14.0. The van der Waals surface area contributed by atoms with Crippen molar-refractivity contribution in [3.63, 3.8) is 0 Å². The van der Waals surface area contributed by atoms with Crippen molar-refractivity contribution in [2.75, 3.05) is 13.6 Å². The maximum atomic E-state index is 4.32. The van der Waals surface area contributed by atoms with Gasteiger partial charge in [-0.05, 0) is 24.1 Å². The number of hydrogen-bond acceptors (Lipinski definition) is 3. The molecular weight excluding hydrogens is 495 g/mol. The van der Waals surface area contributed by atoms with E-state index in [9.17, 15) is 0 Å². The smallest absolute Gasteiger partial charge is 0.191 e. The summed E-state index contributed by atoms with van der Waals surface area (Å²) >= 11 is 3.48. The summed E-state index contributed by atoms with van der Waals surface area (Å²) in [5.41, 5.74) is 1.38. The molecule has 25 heavy (non-hydrogen) atoms. The van der Waals surface area contributed by atoms with Gasteiger partial charge in [-0.3, -0.25) is 4.99 Å². The Morgan fingerprint density at radius 2 is 2.12 bits per heavy atom. The highest BCUT2D eigenvalue weighted by Crippen LogP contribution is 2.40. The number of aliphatic imine (C=N–C) groups is 1. The SMILES string of the molecule is CCc1nncn1CCNC(=NC)NC1CC1c1ccc(Br)cc1.I. The minimum atomic E-state index is 0. The second kappa shape index (κ2) is 9.51. The summed E-state index contributed by atoms with van der Waals surface area (Å²) in [6.45, 7) is 3.71. The van der Waals surface area contributed by atoms with Gasteiger partial charge in [0.1, 0.15) is 12.2 Å². The summed E-state index contributed by atoms with van der Waals surface area (Å²) in [6, 6.07) is 9.03. The van der Waals surface area contributed by atoms with Crippen LogP contribution in [0.25, 0.3) is 0 Å². The second-order valence-electron chi connectivity index (χ2n) is 5.94. The van der Waals surface area contributed by atoms with E-state index in [1.807, 2.05) is 7.05 Å². The lowest BCUT2D eigenvalue weighted by atomic mass is 10.1. The topological polar surface area (TPSA) is 67.1 Å². The van der Waals surface area contributed by atoms with Crippen LogP contribution in [0.2, 0.25) is 0 Å². The van der Waals surface area contributed by atoms with E-state index in [1.165, 1.54) is 5.56 Å². The number of rotatable bonds is 6. The lowest BCUT2D eigenvalue weighted by Gasteiger charge is -2.12. The fraction of sp³-hybridized carbons (Fsp3) is 0.471. The summed E-state index contributed by atoms with van der Waals surface area (Å²) in [5.74, 6) is 2.43. The average molecular weight is 519 g/mol. The molecule has 1 aromatic carbocycles. The molecule has 0 bridgehead atoms. The highest BCUT2D eigenvalue weighted by Gasteiger charge is 2.38. The van der Waals surface area contributed by atoms with E-state index in [-0.39, 0.29) is 24.0 Å². The Morgan fingerprint density at radius 1 is 1.36 bits per heavy atom. The van der Waals surface area contributed by atoms with Crippen LogP contribution in [0.15, 0.2) is 40.1 Å². The average Bonchev–Trinajstić information content (AvgIpc) is 3.21. The van der Waals surface area contributed by atoms with Crippen molar-refractivity contribution in [2.45, 2.75) is 38.3 Å². The van der Waals surface area contributed by atoms with Gasteiger partial charge in [0.05, 0.1) is 0 Å². The molecule has 1 fully saturated rings. The molecule has 0 saturated heterocycles. The van der Waals surface area contributed by atoms with Crippen molar-refractivity contribution in [3.8, 4) is 0 Å². The molecule has 0 aliphatic heterocycles. The first-order valence-corrected chi connectivity index (χ1v) is 9.10. The van der Waals surface area contributed by atoms with Crippen molar-refractivity contribution in [2.24, 2.45) is 4.99 Å². The first-order valence-electron chi connectivity index (χ1n) is 8.30. The van der Waals surface area contributed by atoms with Crippen LogP contribution < -0.4 is 10.6 Å². The quantitative estimate of drug-likeness (QED) is 0.350. The molecule has 8 heteroatoms. The van der Waals surface area contributed by atoms with Crippen LogP contribution in [0.1, 0.15) is 30.7 Å². The Morgan fingerprint density at radius 3 is 2.80 bits per heavy atom. The van der Waals surface area contributed by atoms with Crippen molar-refractivity contribution >= 4 is 45.9 Å². The summed E-state index contributed by atoms with van der Waals surface area (Å²) in [5, 5.41) is 14.9. The van der Waals surface area contributed by atoms with E-state index < -0.39 is 0 Å². The predicted molar refractivity (Wildman–Crippen MR) is 115 cm³/mol. The van der Waals surface area contributed by atoms with Gasteiger partial charge in [0.25, 0.3) is 0 Å². The Bertz CT molecular complexity index is 699. The number of guanidine groups is 1. The zero-order valence-corrected chi connectivity index (χ0v) is 18.4. The van der Waals surface area contributed by atoms with E-state index in [0.717, 1.165) is 42.2 Å². The number of nitrogens with zero attached hydrogens (tertiary/aromatic N) is 4. The van der Waals surface area contributed by atoms with Crippen LogP contribution in [-0.4, -0.2) is 40.4 Å². The van der Waals surface area contributed by atoms with E-state index in [1.54, 1.807) is 6.33 Å². The number of benzene rings is 1. The van der Waals surface area contributed by atoms with Gasteiger partial charge in [0.2, 0.25) is 0 Å². The number of aryl methyl sites for hydroxylation is 1. The molecular formula is C17H24BrIN6. The van der Waals surface area contributed by atoms with Crippen LogP contribution in [0.3, 0.4) is 0 Å². The van der Waals surface area contributed by atoms with Crippen molar-refractivity contribution in [1.29, 1.82) is 0 Å². The third kappa shape index (κ3) is 5.40. The van der Waals surface area contributed by atoms with Gasteiger partial charge in [-0.1, -0.05) is 35.0 Å². The highest BCUT2D eigenvalue weighted by atomic mass is 127. The molecule has 1 heterocycles. The molecule has 136 valence electrons. The minimum absolute atomic E-state index is 0. The number of hydrogen-bond donors (Lipinski definition) is 2. The summed E-state index contributed by atoms with van der Waals surface area (Å²) in [4.78, 5) is 4.32. The number of nitrogens with one attached hydrogen (secondary N) is 2. The Labute approximate surface area is 174 Å².